The molecule has 5 nitrogen and oxygen atoms in total. The monoisotopic (exact) mass is 499 g/mol. The Labute approximate surface area is 153 Å². The fourth-order valence-electron chi connectivity index (χ4n) is 2.77. The Morgan fingerprint density at radius 2 is 1.83 bits per heavy atom. The van der Waals surface area contributed by atoms with E-state index in [4.69, 9.17) is 0 Å². The number of hydrogen-bond donors (Lipinski definition) is 1. The van der Waals surface area contributed by atoms with E-state index in [0.717, 1.165) is 22.4 Å². The molecule has 0 aliphatic rings. The van der Waals surface area contributed by atoms with Crippen molar-refractivity contribution >= 4 is 5.97 Å². The molecule has 0 aliphatic heterocycles. The number of aromatic carboxylic acids is 1. The van der Waals surface area contributed by atoms with Crippen LogP contribution in [0.3, 0.4) is 0 Å². The molecule has 0 aliphatic carbocycles. The topological polar surface area (TPSA) is 68.0 Å². The van der Waals surface area contributed by atoms with Gasteiger partial charge in [0.2, 0.25) is 5.82 Å². The van der Waals surface area contributed by atoms with Crippen molar-refractivity contribution in [3.8, 4) is 17.1 Å². The SMILES string of the molecule is Cc1cc(C)c(-n2nc(C(=O)O)nc2-c2[c-]cccc2)c(C)c1.[Ir]. The Hall–Kier alpha value is -2.30. The van der Waals surface area contributed by atoms with Gasteiger partial charge in [-0.3, -0.25) is 9.67 Å². The fraction of sp³-hybridized carbons (Fsp3) is 0.167. The Bertz CT molecular complexity index is 866. The van der Waals surface area contributed by atoms with Crippen LogP contribution in [0, 0.1) is 26.8 Å². The number of carboxylic acids is 1. The molecule has 1 aromatic heterocycles. The van der Waals surface area contributed by atoms with Crippen LogP contribution in [0.4, 0.5) is 0 Å². The summed E-state index contributed by atoms with van der Waals surface area (Å²) < 4.78 is 1.60. The number of carboxylic acid groups (broad SMARTS) is 1. The average Bonchev–Trinajstić information content (AvgIpc) is 2.92. The van der Waals surface area contributed by atoms with Crippen LogP contribution in [0.5, 0.6) is 0 Å². The van der Waals surface area contributed by atoms with Crippen molar-refractivity contribution in [1.82, 2.24) is 14.8 Å². The van der Waals surface area contributed by atoms with Gasteiger partial charge in [-0.05, 0) is 31.9 Å². The van der Waals surface area contributed by atoms with Crippen molar-refractivity contribution < 1.29 is 30.0 Å². The van der Waals surface area contributed by atoms with Crippen LogP contribution < -0.4 is 0 Å². The molecule has 0 fully saturated rings. The maximum Gasteiger partial charge on any atom is 0.374 e. The Balaban J connectivity index is 0.00000208. The number of nitrogens with zero attached hydrogens (tertiary/aromatic N) is 3. The molecule has 3 rings (SSSR count). The summed E-state index contributed by atoms with van der Waals surface area (Å²) in [7, 11) is 0. The van der Waals surface area contributed by atoms with Gasteiger partial charge in [-0.15, -0.1) is 41.0 Å². The summed E-state index contributed by atoms with van der Waals surface area (Å²) in [6.45, 7) is 5.99. The summed E-state index contributed by atoms with van der Waals surface area (Å²) >= 11 is 0. The third-order valence-corrected chi connectivity index (χ3v) is 3.60. The van der Waals surface area contributed by atoms with Gasteiger partial charge >= 0.3 is 5.97 Å². The van der Waals surface area contributed by atoms with E-state index in [1.807, 2.05) is 51.1 Å². The van der Waals surface area contributed by atoms with Crippen molar-refractivity contribution in [2.24, 2.45) is 0 Å². The zero-order valence-electron chi connectivity index (χ0n) is 13.5. The first-order valence-corrected chi connectivity index (χ1v) is 7.23. The van der Waals surface area contributed by atoms with Gasteiger partial charge in [0.25, 0.3) is 0 Å². The molecule has 1 N–H and O–H groups in total. The molecule has 0 saturated carbocycles. The molecule has 0 spiro atoms. The van der Waals surface area contributed by atoms with E-state index in [2.05, 4.69) is 16.1 Å². The minimum atomic E-state index is -1.15. The summed E-state index contributed by atoms with van der Waals surface area (Å²) in [5.74, 6) is -0.905. The molecule has 0 atom stereocenters. The van der Waals surface area contributed by atoms with Crippen molar-refractivity contribution in [3.05, 3.63) is 65.0 Å². The Morgan fingerprint density at radius 1 is 1.17 bits per heavy atom. The number of carbonyl (C=O) groups is 1. The zero-order chi connectivity index (χ0) is 16.6. The van der Waals surface area contributed by atoms with Gasteiger partial charge in [0.05, 0.1) is 11.5 Å². The van der Waals surface area contributed by atoms with Gasteiger partial charge in [0.15, 0.2) is 0 Å². The van der Waals surface area contributed by atoms with E-state index in [-0.39, 0.29) is 25.9 Å². The molecule has 24 heavy (non-hydrogen) atoms. The molecule has 0 amide bonds. The number of aromatic nitrogens is 3. The maximum absolute atomic E-state index is 11.3. The van der Waals surface area contributed by atoms with E-state index in [1.165, 1.54) is 0 Å². The molecule has 3 aromatic rings. The van der Waals surface area contributed by atoms with E-state index < -0.39 is 5.97 Å². The van der Waals surface area contributed by atoms with E-state index in [0.29, 0.717) is 11.4 Å². The molecule has 0 saturated heterocycles. The Kier molecular flexibility index (Phi) is 5.32. The van der Waals surface area contributed by atoms with E-state index >= 15 is 0 Å². The first-order chi connectivity index (χ1) is 11.0. The van der Waals surface area contributed by atoms with Gasteiger partial charge in [-0.25, -0.2) is 4.79 Å². The van der Waals surface area contributed by atoms with Crippen LogP contribution in [0.15, 0.2) is 36.4 Å². The van der Waals surface area contributed by atoms with Gasteiger partial charge in [-0.1, -0.05) is 17.7 Å². The second-order valence-corrected chi connectivity index (χ2v) is 5.50. The minimum absolute atomic E-state index is 0. The second kappa shape index (κ2) is 7.07. The number of benzene rings is 2. The summed E-state index contributed by atoms with van der Waals surface area (Å²) in [6, 6.07) is 14.5. The number of rotatable bonds is 3. The van der Waals surface area contributed by atoms with Crippen molar-refractivity contribution in [2.45, 2.75) is 20.8 Å². The van der Waals surface area contributed by atoms with Crippen molar-refractivity contribution in [1.29, 1.82) is 0 Å². The number of hydrogen-bond acceptors (Lipinski definition) is 3. The molecule has 1 radical (unpaired) electrons. The van der Waals surface area contributed by atoms with Gasteiger partial charge < -0.3 is 5.11 Å². The second-order valence-electron chi connectivity index (χ2n) is 5.50. The predicted octanol–water partition coefficient (Wildman–Crippen LogP) is 3.36. The van der Waals surface area contributed by atoms with Crippen LogP contribution in [-0.4, -0.2) is 25.8 Å². The summed E-state index contributed by atoms with van der Waals surface area (Å²) in [5.41, 5.74) is 4.73. The standard InChI is InChI=1S/C18H16N3O2.Ir/c1-11-9-12(2)15(13(3)10-11)21-17(14-7-5-4-6-8-14)19-16(20-21)18(22)23;/h4-7,9-10H,1-3H3,(H,22,23);/q-1;. The van der Waals surface area contributed by atoms with Crippen molar-refractivity contribution in [3.63, 3.8) is 0 Å². The molecule has 1 heterocycles. The number of aryl methyl sites for hydroxylation is 3. The van der Waals surface area contributed by atoms with Crippen LogP contribution >= 0.6 is 0 Å². The van der Waals surface area contributed by atoms with Gasteiger partial charge in [-0.2, -0.15) is 0 Å². The molecule has 2 aromatic carbocycles. The van der Waals surface area contributed by atoms with E-state index in [9.17, 15) is 9.90 Å². The van der Waals surface area contributed by atoms with Crippen LogP contribution in [0.1, 0.15) is 27.3 Å². The third kappa shape index (κ3) is 3.30. The summed E-state index contributed by atoms with van der Waals surface area (Å²) in [4.78, 5) is 15.5. The normalized spacial score (nSPS) is 10.3. The molecule has 6 heteroatoms. The quantitative estimate of drug-likeness (QED) is 0.563. The van der Waals surface area contributed by atoms with Crippen LogP contribution in [0.2, 0.25) is 0 Å². The predicted molar refractivity (Wildman–Crippen MR) is 86.8 cm³/mol. The fourth-order valence-corrected chi connectivity index (χ4v) is 2.77. The first kappa shape index (κ1) is 18.0. The molecule has 0 bridgehead atoms. The van der Waals surface area contributed by atoms with E-state index in [1.54, 1.807) is 10.7 Å². The minimum Gasteiger partial charge on any atom is -0.475 e. The largest absolute Gasteiger partial charge is 0.475 e. The zero-order valence-corrected chi connectivity index (χ0v) is 15.9. The molecular weight excluding hydrogens is 482 g/mol. The smallest absolute Gasteiger partial charge is 0.374 e. The first-order valence-electron chi connectivity index (χ1n) is 7.23. The maximum atomic E-state index is 11.3. The molecule has 125 valence electrons. The third-order valence-electron chi connectivity index (χ3n) is 3.60. The molecule has 0 unspecified atom stereocenters. The Morgan fingerprint density at radius 3 is 2.38 bits per heavy atom. The van der Waals surface area contributed by atoms with Crippen LogP contribution in [0.25, 0.3) is 17.1 Å². The summed E-state index contributed by atoms with van der Waals surface area (Å²) in [5, 5.41) is 13.4. The summed E-state index contributed by atoms with van der Waals surface area (Å²) in [6.07, 6.45) is 0. The molecular formula is C18H16IrN3O2-. The van der Waals surface area contributed by atoms with Gasteiger partial charge in [0, 0.05) is 20.1 Å². The van der Waals surface area contributed by atoms with Gasteiger partial charge in [0.1, 0.15) is 0 Å². The average molecular weight is 499 g/mol. The van der Waals surface area contributed by atoms with Crippen molar-refractivity contribution in [2.75, 3.05) is 0 Å². The van der Waals surface area contributed by atoms with Crippen LogP contribution in [-0.2, 0) is 20.1 Å².